The molecule has 0 spiro atoms. The van der Waals surface area contributed by atoms with Gasteiger partial charge in [-0.15, -0.1) is 5.10 Å². The normalized spacial score (nSPS) is 10.8. The van der Waals surface area contributed by atoms with E-state index in [0.29, 0.717) is 18.8 Å². The van der Waals surface area contributed by atoms with Crippen LogP contribution in [-0.4, -0.2) is 41.6 Å². The molecule has 0 fully saturated rings. The lowest BCUT2D eigenvalue weighted by Crippen LogP contribution is -2.27. The molecular weight excluding hydrogens is 324 g/mol. The monoisotopic (exact) mass is 342 g/mol. The van der Waals surface area contributed by atoms with Crippen molar-refractivity contribution < 1.29 is 4.79 Å². The Labute approximate surface area is 144 Å². The van der Waals surface area contributed by atoms with Gasteiger partial charge in [0, 0.05) is 13.6 Å². The molecule has 0 saturated heterocycles. The van der Waals surface area contributed by atoms with E-state index in [1.54, 1.807) is 16.6 Å². The number of hydrogen-bond acceptors (Lipinski definition) is 6. The van der Waals surface area contributed by atoms with E-state index in [1.165, 1.54) is 11.7 Å². The fraction of sp³-hybridized carbons (Fsp3) is 0.312. The van der Waals surface area contributed by atoms with Crippen LogP contribution in [0.25, 0.3) is 0 Å². The van der Waals surface area contributed by atoms with Gasteiger partial charge in [-0.1, -0.05) is 35.5 Å². The molecule has 0 aliphatic rings. The van der Waals surface area contributed by atoms with E-state index < -0.39 is 0 Å². The summed E-state index contributed by atoms with van der Waals surface area (Å²) >= 11 is 1.17. The molecular formula is C16H18N6OS. The largest absolute Gasteiger partial charge is 0.336 e. The van der Waals surface area contributed by atoms with E-state index in [1.807, 2.05) is 44.2 Å². The van der Waals surface area contributed by atoms with Crippen LogP contribution < -0.4 is 0 Å². The zero-order chi connectivity index (χ0) is 17.1. The van der Waals surface area contributed by atoms with Crippen molar-refractivity contribution >= 4 is 17.6 Å². The van der Waals surface area contributed by atoms with Crippen molar-refractivity contribution in [2.75, 3.05) is 7.05 Å². The van der Waals surface area contributed by atoms with Crippen LogP contribution in [0, 0.1) is 13.8 Å². The zero-order valence-corrected chi connectivity index (χ0v) is 14.6. The number of carbonyl (C=O) groups excluding carboxylic acids is 1. The van der Waals surface area contributed by atoms with Crippen LogP contribution in [-0.2, 0) is 13.1 Å². The van der Waals surface area contributed by atoms with Crippen molar-refractivity contribution in [3.8, 4) is 0 Å². The minimum Gasteiger partial charge on any atom is -0.336 e. The van der Waals surface area contributed by atoms with Crippen molar-refractivity contribution in [2.24, 2.45) is 0 Å². The van der Waals surface area contributed by atoms with E-state index in [2.05, 4.69) is 19.1 Å². The molecule has 0 atom stereocenters. The van der Waals surface area contributed by atoms with Gasteiger partial charge in [-0.3, -0.25) is 4.79 Å². The number of carbonyl (C=O) groups is 1. The van der Waals surface area contributed by atoms with Crippen molar-refractivity contribution in [3.05, 3.63) is 58.7 Å². The van der Waals surface area contributed by atoms with Crippen LogP contribution >= 0.6 is 11.7 Å². The van der Waals surface area contributed by atoms with Crippen molar-refractivity contribution in [1.82, 2.24) is 28.6 Å². The molecule has 24 heavy (non-hydrogen) atoms. The maximum Gasteiger partial charge on any atom is 0.276 e. The first-order chi connectivity index (χ1) is 11.6. The number of amides is 1. The third-order valence-electron chi connectivity index (χ3n) is 3.84. The lowest BCUT2D eigenvalue weighted by atomic mass is 10.2. The SMILES string of the molecule is Cc1nsnc1Cn1nnc(C(=O)N(C)Cc2ccccc2)c1C. The first kappa shape index (κ1) is 16.3. The lowest BCUT2D eigenvalue weighted by molar-refractivity contribution is 0.0778. The highest BCUT2D eigenvalue weighted by molar-refractivity contribution is 6.99. The van der Waals surface area contributed by atoms with Gasteiger partial charge < -0.3 is 4.90 Å². The number of aromatic nitrogens is 5. The molecule has 8 heteroatoms. The van der Waals surface area contributed by atoms with Crippen LogP contribution in [0.3, 0.4) is 0 Å². The Morgan fingerprint density at radius 2 is 1.96 bits per heavy atom. The Morgan fingerprint density at radius 3 is 2.62 bits per heavy atom. The molecule has 3 rings (SSSR count). The minimum atomic E-state index is -0.143. The summed E-state index contributed by atoms with van der Waals surface area (Å²) in [6.45, 7) is 4.75. The number of rotatable bonds is 5. The van der Waals surface area contributed by atoms with Crippen LogP contribution in [0.1, 0.15) is 33.1 Å². The van der Waals surface area contributed by atoms with Gasteiger partial charge in [-0.05, 0) is 19.4 Å². The fourth-order valence-electron chi connectivity index (χ4n) is 2.35. The second kappa shape index (κ2) is 6.88. The van der Waals surface area contributed by atoms with Gasteiger partial charge in [-0.25, -0.2) is 4.68 Å². The first-order valence-electron chi connectivity index (χ1n) is 7.53. The average molecular weight is 342 g/mol. The Morgan fingerprint density at radius 1 is 1.21 bits per heavy atom. The van der Waals surface area contributed by atoms with Gasteiger partial charge in [0.1, 0.15) is 0 Å². The summed E-state index contributed by atoms with van der Waals surface area (Å²) in [5.74, 6) is -0.143. The zero-order valence-electron chi connectivity index (χ0n) is 13.8. The Kier molecular flexibility index (Phi) is 4.66. The number of aryl methyl sites for hydroxylation is 1. The second-order valence-corrected chi connectivity index (χ2v) is 6.15. The predicted octanol–water partition coefficient (Wildman–Crippen LogP) is 2.07. The molecule has 0 unspecified atom stereocenters. The van der Waals surface area contributed by atoms with E-state index in [-0.39, 0.29) is 5.91 Å². The summed E-state index contributed by atoms with van der Waals surface area (Å²) in [5, 5.41) is 8.16. The summed E-state index contributed by atoms with van der Waals surface area (Å²) < 4.78 is 10.1. The topological polar surface area (TPSA) is 76.8 Å². The van der Waals surface area contributed by atoms with E-state index in [9.17, 15) is 4.79 Å². The van der Waals surface area contributed by atoms with Gasteiger partial charge in [-0.2, -0.15) is 8.75 Å². The Hall–Kier alpha value is -2.61. The Balaban J connectivity index is 1.75. The smallest absolute Gasteiger partial charge is 0.276 e. The maximum atomic E-state index is 12.6. The van der Waals surface area contributed by atoms with Gasteiger partial charge in [0.2, 0.25) is 0 Å². The Bertz CT molecular complexity index is 841. The molecule has 3 aromatic rings. The quantitative estimate of drug-likeness (QED) is 0.709. The van der Waals surface area contributed by atoms with Crippen LogP contribution in [0.15, 0.2) is 30.3 Å². The van der Waals surface area contributed by atoms with Crippen molar-refractivity contribution in [3.63, 3.8) is 0 Å². The fourth-order valence-corrected chi connectivity index (χ4v) is 2.91. The van der Waals surface area contributed by atoms with Gasteiger partial charge >= 0.3 is 0 Å². The average Bonchev–Trinajstić information content (AvgIpc) is 3.15. The molecule has 124 valence electrons. The molecule has 0 saturated carbocycles. The molecule has 1 aromatic carbocycles. The number of nitrogens with zero attached hydrogens (tertiary/aromatic N) is 6. The molecule has 7 nitrogen and oxygen atoms in total. The molecule has 1 amide bonds. The molecule has 0 N–H and O–H groups in total. The van der Waals surface area contributed by atoms with Crippen molar-refractivity contribution in [1.29, 1.82) is 0 Å². The summed E-state index contributed by atoms with van der Waals surface area (Å²) in [4.78, 5) is 14.3. The minimum absolute atomic E-state index is 0.143. The van der Waals surface area contributed by atoms with Crippen LogP contribution in [0.4, 0.5) is 0 Å². The maximum absolute atomic E-state index is 12.6. The summed E-state index contributed by atoms with van der Waals surface area (Å²) in [6.07, 6.45) is 0. The highest BCUT2D eigenvalue weighted by Gasteiger charge is 2.21. The van der Waals surface area contributed by atoms with Gasteiger partial charge in [0.05, 0.1) is 35.4 Å². The van der Waals surface area contributed by atoms with Crippen LogP contribution in [0.2, 0.25) is 0 Å². The molecule has 0 radical (unpaired) electrons. The summed E-state index contributed by atoms with van der Waals surface area (Å²) in [7, 11) is 1.77. The molecule has 2 aromatic heterocycles. The van der Waals surface area contributed by atoms with E-state index in [0.717, 1.165) is 22.6 Å². The third-order valence-corrected chi connectivity index (χ3v) is 4.50. The van der Waals surface area contributed by atoms with Crippen LogP contribution in [0.5, 0.6) is 0 Å². The molecule has 2 heterocycles. The molecule has 0 bridgehead atoms. The molecule has 0 aliphatic heterocycles. The highest BCUT2D eigenvalue weighted by Crippen LogP contribution is 2.12. The van der Waals surface area contributed by atoms with Crippen molar-refractivity contribution in [2.45, 2.75) is 26.9 Å². The number of hydrogen-bond donors (Lipinski definition) is 0. The van der Waals surface area contributed by atoms with E-state index in [4.69, 9.17) is 0 Å². The first-order valence-corrected chi connectivity index (χ1v) is 8.27. The lowest BCUT2D eigenvalue weighted by Gasteiger charge is -2.16. The summed E-state index contributed by atoms with van der Waals surface area (Å²) in [6, 6.07) is 9.85. The molecule has 0 aliphatic carbocycles. The van der Waals surface area contributed by atoms with Gasteiger partial charge in [0.15, 0.2) is 5.69 Å². The second-order valence-electron chi connectivity index (χ2n) is 5.62. The predicted molar refractivity (Wildman–Crippen MR) is 90.7 cm³/mol. The van der Waals surface area contributed by atoms with Gasteiger partial charge in [0.25, 0.3) is 5.91 Å². The third kappa shape index (κ3) is 3.33. The highest BCUT2D eigenvalue weighted by atomic mass is 32.1. The standard InChI is InChI=1S/C16H18N6OS/c1-11-14(19-24-18-11)10-22-12(2)15(17-20-22)16(23)21(3)9-13-7-5-4-6-8-13/h4-8H,9-10H2,1-3H3. The number of benzene rings is 1. The summed E-state index contributed by atoms with van der Waals surface area (Å²) in [5.41, 5.74) is 3.90. The van der Waals surface area contributed by atoms with E-state index >= 15 is 0 Å².